The number of anilines is 2. The van der Waals surface area contributed by atoms with Gasteiger partial charge in [-0.05, 0) is 56.8 Å². The Morgan fingerprint density at radius 2 is 1.90 bits per heavy atom. The van der Waals surface area contributed by atoms with Gasteiger partial charge in [0.2, 0.25) is 0 Å². The highest BCUT2D eigenvalue weighted by molar-refractivity contribution is 5.96. The van der Waals surface area contributed by atoms with E-state index < -0.39 is 0 Å². The second kappa shape index (κ2) is 9.43. The number of nitrogens with zero attached hydrogens (tertiary/aromatic N) is 8. The third kappa shape index (κ3) is 4.09. The van der Waals surface area contributed by atoms with Gasteiger partial charge in [-0.15, -0.1) is 0 Å². The summed E-state index contributed by atoms with van der Waals surface area (Å²) in [5.74, 6) is 1.05. The Labute approximate surface area is 237 Å². The zero-order chi connectivity index (χ0) is 28.5. The van der Waals surface area contributed by atoms with E-state index in [4.69, 9.17) is 6.35 Å². The Morgan fingerprint density at radius 3 is 2.65 bits per heavy atom. The summed E-state index contributed by atoms with van der Waals surface area (Å²) in [7, 11) is 2.13. The van der Waals surface area contributed by atoms with Gasteiger partial charge >= 0.3 is 0 Å². The van der Waals surface area contributed by atoms with E-state index in [2.05, 4.69) is 51.5 Å². The van der Waals surface area contributed by atoms with Crippen LogP contribution in [0.3, 0.4) is 0 Å². The summed E-state index contributed by atoms with van der Waals surface area (Å²) in [5, 5.41) is 10.5. The van der Waals surface area contributed by atoms with E-state index in [0.717, 1.165) is 81.4 Å². The molecular formula is C31H36N8O. The monoisotopic (exact) mass is 537 g/mol. The SMILES string of the molecule is [2H]c1ccc2c(N3C[C@@H]4CN(c5ncc(C(=O)N6CC7(CN(C)C7)C6)cc5C)CCN4[C@@H](C)C3)ccc(C#N)c2n1. The summed E-state index contributed by atoms with van der Waals surface area (Å²) in [4.78, 5) is 34.0. The summed E-state index contributed by atoms with van der Waals surface area (Å²) in [5.41, 5.74) is 4.21. The summed E-state index contributed by atoms with van der Waals surface area (Å²) in [6, 6.07) is 12.4. The van der Waals surface area contributed by atoms with Crippen LogP contribution in [0, 0.1) is 23.7 Å². The molecule has 2 aromatic heterocycles. The molecule has 9 heteroatoms. The molecule has 0 bridgehead atoms. The van der Waals surface area contributed by atoms with Crippen molar-refractivity contribution in [3.8, 4) is 6.07 Å². The van der Waals surface area contributed by atoms with Crippen LogP contribution < -0.4 is 9.80 Å². The minimum absolute atomic E-state index is 0.0931. The Balaban J connectivity index is 1.08. The van der Waals surface area contributed by atoms with E-state index in [0.29, 0.717) is 34.1 Å². The maximum atomic E-state index is 13.1. The van der Waals surface area contributed by atoms with Gasteiger partial charge in [0.15, 0.2) is 0 Å². The van der Waals surface area contributed by atoms with Crippen molar-refractivity contribution in [3.63, 3.8) is 0 Å². The van der Waals surface area contributed by atoms with Gasteiger partial charge < -0.3 is 19.6 Å². The van der Waals surface area contributed by atoms with Crippen LogP contribution in [0.5, 0.6) is 0 Å². The van der Waals surface area contributed by atoms with Crippen molar-refractivity contribution >= 4 is 28.3 Å². The van der Waals surface area contributed by atoms with Gasteiger partial charge in [0.05, 0.1) is 18.0 Å². The van der Waals surface area contributed by atoms with Gasteiger partial charge in [-0.25, -0.2) is 4.98 Å². The number of aryl methyl sites for hydroxylation is 1. The van der Waals surface area contributed by atoms with Crippen molar-refractivity contribution in [2.24, 2.45) is 5.41 Å². The maximum absolute atomic E-state index is 13.1. The molecule has 1 spiro atoms. The first-order valence-corrected chi connectivity index (χ1v) is 14.2. The van der Waals surface area contributed by atoms with Gasteiger partial charge in [0, 0.05) is 99.8 Å². The molecule has 1 aromatic carbocycles. The molecule has 6 heterocycles. The molecule has 0 unspecified atom stereocenters. The van der Waals surface area contributed by atoms with Crippen LogP contribution in [0.15, 0.2) is 42.7 Å². The summed E-state index contributed by atoms with van der Waals surface area (Å²) < 4.78 is 7.97. The zero-order valence-electron chi connectivity index (χ0n) is 24.5. The molecular weight excluding hydrogens is 500 g/mol. The maximum Gasteiger partial charge on any atom is 0.255 e. The van der Waals surface area contributed by atoms with Gasteiger partial charge in [0.1, 0.15) is 11.9 Å². The lowest BCUT2D eigenvalue weighted by Crippen LogP contribution is -2.72. The normalized spacial score (nSPS) is 24.8. The number of pyridine rings is 2. The summed E-state index contributed by atoms with van der Waals surface area (Å²) in [6.07, 6.45) is 1.93. The van der Waals surface area contributed by atoms with Crippen LogP contribution in [0.25, 0.3) is 10.9 Å². The largest absolute Gasteiger partial charge is 0.368 e. The fourth-order valence-electron chi connectivity index (χ4n) is 7.63. The molecule has 4 saturated heterocycles. The molecule has 4 aliphatic heterocycles. The smallest absolute Gasteiger partial charge is 0.255 e. The van der Waals surface area contributed by atoms with Crippen LogP contribution >= 0.6 is 0 Å². The molecule has 0 aliphatic carbocycles. The number of likely N-dealkylation sites (tertiary alicyclic amines) is 2. The van der Waals surface area contributed by atoms with Crippen LogP contribution in [0.2, 0.25) is 0 Å². The average Bonchev–Trinajstić information content (AvgIpc) is 2.92. The molecule has 0 N–H and O–H groups in total. The molecule has 1 amide bonds. The number of rotatable bonds is 3. The van der Waals surface area contributed by atoms with Crippen molar-refractivity contribution in [1.82, 2.24) is 24.7 Å². The molecule has 206 valence electrons. The Hall–Kier alpha value is -3.74. The van der Waals surface area contributed by atoms with E-state index >= 15 is 0 Å². The topological polar surface area (TPSA) is 82.8 Å². The first-order valence-electron chi connectivity index (χ1n) is 14.7. The lowest BCUT2D eigenvalue weighted by atomic mass is 9.73. The van der Waals surface area contributed by atoms with Crippen molar-refractivity contribution in [3.05, 3.63) is 59.4 Å². The molecule has 0 radical (unpaired) electrons. The second-order valence-corrected chi connectivity index (χ2v) is 12.4. The Bertz CT molecular complexity index is 1570. The van der Waals surface area contributed by atoms with E-state index in [9.17, 15) is 10.1 Å². The number of aromatic nitrogens is 2. The molecule has 4 fully saturated rings. The molecule has 2 atom stereocenters. The highest BCUT2D eigenvalue weighted by Crippen LogP contribution is 2.39. The highest BCUT2D eigenvalue weighted by atomic mass is 16.2. The summed E-state index contributed by atoms with van der Waals surface area (Å²) in [6.45, 7) is 12.7. The van der Waals surface area contributed by atoms with Crippen LogP contribution in [-0.2, 0) is 0 Å². The Kier molecular flexibility index (Phi) is 5.68. The van der Waals surface area contributed by atoms with E-state index in [1.54, 1.807) is 12.3 Å². The highest BCUT2D eigenvalue weighted by Gasteiger charge is 2.52. The minimum atomic E-state index is 0.0931. The molecule has 40 heavy (non-hydrogen) atoms. The van der Waals surface area contributed by atoms with Gasteiger partial charge in [-0.3, -0.25) is 14.7 Å². The van der Waals surface area contributed by atoms with Crippen LogP contribution in [-0.4, -0.2) is 109 Å². The van der Waals surface area contributed by atoms with E-state index in [1.165, 1.54) is 0 Å². The van der Waals surface area contributed by atoms with Crippen molar-refractivity contribution in [2.75, 3.05) is 75.8 Å². The van der Waals surface area contributed by atoms with Crippen LogP contribution in [0.4, 0.5) is 11.5 Å². The van der Waals surface area contributed by atoms with Crippen molar-refractivity contribution in [1.29, 1.82) is 5.26 Å². The molecule has 7 rings (SSSR count). The van der Waals surface area contributed by atoms with Gasteiger partial charge in [-0.1, -0.05) is 0 Å². The molecule has 9 nitrogen and oxygen atoms in total. The standard InChI is InChI=1S/C31H36N8O/c1-21-11-24(30(40)38-19-31(20-38)17-35(3)18-31)13-34-29(21)36-9-10-39-22(2)14-37(16-25(39)15-36)27-7-6-23(12-32)28-26(27)5-4-8-33-28/h4-8,11,13,22,25H,9-10,14-20H2,1-3H3/t22-,25-/m0/s1/i8D. The number of benzene rings is 1. The second-order valence-electron chi connectivity index (χ2n) is 12.4. The first kappa shape index (κ1) is 24.1. The third-order valence-electron chi connectivity index (χ3n) is 9.31. The molecule has 3 aromatic rings. The molecule has 0 saturated carbocycles. The van der Waals surface area contributed by atoms with Crippen molar-refractivity contribution < 1.29 is 6.17 Å². The van der Waals surface area contributed by atoms with Gasteiger partial charge in [-0.2, -0.15) is 5.26 Å². The fraction of sp³-hybridized carbons (Fsp3) is 0.484. The third-order valence-corrected chi connectivity index (χ3v) is 9.31. The number of amides is 1. The number of hydrogen-bond donors (Lipinski definition) is 0. The molecule has 4 aliphatic rings. The number of carbonyl (C=O) groups is 1. The summed E-state index contributed by atoms with van der Waals surface area (Å²) >= 11 is 0. The number of nitriles is 1. The Morgan fingerprint density at radius 1 is 1.10 bits per heavy atom. The predicted molar refractivity (Wildman–Crippen MR) is 156 cm³/mol. The van der Waals surface area contributed by atoms with E-state index in [-0.39, 0.29) is 12.1 Å². The van der Waals surface area contributed by atoms with E-state index in [1.807, 2.05) is 29.2 Å². The lowest BCUT2D eigenvalue weighted by Gasteiger charge is -2.59. The first-order chi connectivity index (χ1) is 19.7. The quantitative estimate of drug-likeness (QED) is 0.504. The number of carbonyl (C=O) groups excluding carboxylic acids is 1. The zero-order valence-corrected chi connectivity index (χ0v) is 23.5. The van der Waals surface area contributed by atoms with Crippen molar-refractivity contribution in [2.45, 2.75) is 25.9 Å². The minimum Gasteiger partial charge on any atom is -0.368 e. The predicted octanol–water partition coefficient (Wildman–Crippen LogP) is 2.60. The number of hydrogen-bond acceptors (Lipinski definition) is 8. The number of fused-ring (bicyclic) bond motifs is 2. The fourth-order valence-corrected chi connectivity index (χ4v) is 7.63. The lowest BCUT2D eigenvalue weighted by molar-refractivity contribution is -0.0872. The average molecular weight is 538 g/mol. The van der Waals surface area contributed by atoms with Gasteiger partial charge in [0.25, 0.3) is 5.91 Å². The van der Waals surface area contributed by atoms with Crippen LogP contribution in [0.1, 0.15) is 29.8 Å². The number of piperazine rings is 2.